The fourth-order valence-electron chi connectivity index (χ4n) is 4.81. The Hall–Kier alpha value is -4.99. The number of nitrogens with one attached hydrogen (secondary N) is 1. The van der Waals surface area contributed by atoms with Gasteiger partial charge in [-0.1, -0.05) is 29.4 Å². The molecule has 2 aromatic heterocycles. The van der Waals surface area contributed by atoms with Crippen molar-refractivity contribution in [3.8, 4) is 11.1 Å². The van der Waals surface area contributed by atoms with Gasteiger partial charge in [0.2, 0.25) is 5.89 Å². The van der Waals surface area contributed by atoms with Crippen molar-refractivity contribution in [2.45, 2.75) is 31.7 Å². The number of nitrogens with zero attached hydrogens (tertiary/aromatic N) is 2. The van der Waals surface area contributed by atoms with Crippen molar-refractivity contribution in [1.29, 1.82) is 0 Å². The van der Waals surface area contributed by atoms with E-state index < -0.39 is 11.4 Å². The standard InChI is InChI=1S/C29H24FN5O4/c1-15-2-5-18(26(37)33-29(10-11-29)27-34-35-28(32)39-27)14-20(15)17-6-9-22-21(13-17)24(25(31)36)23(38-22)12-16-3-7-19(30)8-4-16/h2-9,13-14H,10-12H2,1H3,(H2,31,36)(H2,32,35)(H,33,37). The maximum atomic E-state index is 13.3. The minimum atomic E-state index is -0.709. The van der Waals surface area contributed by atoms with Gasteiger partial charge < -0.3 is 25.6 Å². The smallest absolute Gasteiger partial charge is 0.312 e. The molecule has 0 aliphatic heterocycles. The fourth-order valence-corrected chi connectivity index (χ4v) is 4.81. The second kappa shape index (κ2) is 9.09. The third kappa shape index (κ3) is 4.50. The molecule has 0 bridgehead atoms. The molecule has 10 heteroatoms. The Morgan fingerprint density at radius 3 is 2.46 bits per heavy atom. The van der Waals surface area contributed by atoms with Gasteiger partial charge in [0.05, 0.1) is 5.56 Å². The van der Waals surface area contributed by atoms with Crippen molar-refractivity contribution in [2.24, 2.45) is 5.73 Å². The number of aryl methyl sites for hydroxylation is 1. The van der Waals surface area contributed by atoms with Crippen LogP contribution < -0.4 is 16.8 Å². The molecular formula is C29H24FN5O4. The molecule has 196 valence electrons. The number of nitrogens with two attached hydrogens (primary N) is 2. The molecule has 3 aromatic carbocycles. The summed E-state index contributed by atoms with van der Waals surface area (Å²) < 4.78 is 24.7. The van der Waals surface area contributed by atoms with E-state index in [9.17, 15) is 14.0 Å². The summed E-state index contributed by atoms with van der Waals surface area (Å²) in [5, 5.41) is 11.2. The molecule has 0 radical (unpaired) electrons. The van der Waals surface area contributed by atoms with Crippen molar-refractivity contribution in [3.63, 3.8) is 0 Å². The molecule has 0 spiro atoms. The third-order valence-corrected chi connectivity index (χ3v) is 7.05. The highest BCUT2D eigenvalue weighted by molar-refractivity contribution is 6.07. The normalized spacial score (nSPS) is 13.9. The minimum Gasteiger partial charge on any atom is -0.460 e. The number of rotatable bonds is 7. The van der Waals surface area contributed by atoms with E-state index in [1.807, 2.05) is 25.1 Å². The SMILES string of the molecule is Cc1ccc(C(=O)NC2(c3nnc(N)o3)CC2)cc1-c1ccc2oc(Cc3ccc(F)cc3)c(C(N)=O)c2c1. The van der Waals surface area contributed by atoms with Crippen LogP contribution in [0.15, 0.2) is 69.5 Å². The molecule has 1 saturated carbocycles. The van der Waals surface area contributed by atoms with E-state index in [0.29, 0.717) is 41.0 Å². The van der Waals surface area contributed by atoms with Crippen LogP contribution >= 0.6 is 0 Å². The van der Waals surface area contributed by atoms with Gasteiger partial charge >= 0.3 is 6.01 Å². The lowest BCUT2D eigenvalue weighted by molar-refractivity contribution is 0.0922. The van der Waals surface area contributed by atoms with Crippen LogP contribution in [-0.2, 0) is 12.0 Å². The first-order chi connectivity index (χ1) is 18.7. The number of furan rings is 1. The highest BCUT2D eigenvalue weighted by Crippen LogP contribution is 2.45. The highest BCUT2D eigenvalue weighted by Gasteiger charge is 2.50. The first-order valence-corrected chi connectivity index (χ1v) is 12.3. The van der Waals surface area contributed by atoms with Crippen LogP contribution in [0.1, 0.15) is 56.3 Å². The number of aromatic nitrogens is 2. The summed E-state index contributed by atoms with van der Waals surface area (Å²) in [5.74, 6) is -0.552. The van der Waals surface area contributed by atoms with Crippen molar-refractivity contribution >= 4 is 28.8 Å². The van der Waals surface area contributed by atoms with Gasteiger partial charge in [0.25, 0.3) is 11.8 Å². The van der Waals surface area contributed by atoms with E-state index in [1.165, 1.54) is 12.1 Å². The Kier molecular flexibility index (Phi) is 5.67. The van der Waals surface area contributed by atoms with E-state index in [0.717, 1.165) is 22.3 Å². The molecule has 5 N–H and O–H groups in total. The number of nitrogen functional groups attached to an aromatic ring is 1. The number of benzene rings is 3. The Balaban J connectivity index is 1.33. The van der Waals surface area contributed by atoms with Crippen molar-refractivity contribution in [3.05, 3.63) is 100 Å². The second-order valence-electron chi connectivity index (χ2n) is 9.79. The maximum absolute atomic E-state index is 13.3. The molecule has 1 aliphatic rings. The lowest BCUT2D eigenvalue weighted by Gasteiger charge is -2.15. The van der Waals surface area contributed by atoms with E-state index in [2.05, 4.69) is 15.5 Å². The summed E-state index contributed by atoms with van der Waals surface area (Å²) in [6, 6.07) is 16.8. The molecule has 1 aliphatic carbocycles. The molecule has 0 unspecified atom stereocenters. The van der Waals surface area contributed by atoms with Crippen molar-refractivity contribution in [1.82, 2.24) is 15.5 Å². The van der Waals surface area contributed by atoms with Gasteiger partial charge in [-0.25, -0.2) is 4.39 Å². The zero-order valence-electron chi connectivity index (χ0n) is 21.0. The topological polar surface area (TPSA) is 150 Å². The summed E-state index contributed by atoms with van der Waals surface area (Å²) in [7, 11) is 0. The summed E-state index contributed by atoms with van der Waals surface area (Å²) in [6.07, 6.45) is 1.63. The van der Waals surface area contributed by atoms with Gasteiger partial charge in [-0.2, -0.15) is 0 Å². The van der Waals surface area contributed by atoms with Gasteiger partial charge in [0.1, 0.15) is 22.7 Å². The van der Waals surface area contributed by atoms with Crippen LogP contribution in [0.4, 0.5) is 10.4 Å². The molecule has 0 saturated heterocycles. The van der Waals surface area contributed by atoms with Gasteiger partial charge in [0, 0.05) is 17.4 Å². The van der Waals surface area contributed by atoms with Crippen LogP contribution in [0, 0.1) is 12.7 Å². The van der Waals surface area contributed by atoms with Crippen molar-refractivity contribution in [2.75, 3.05) is 5.73 Å². The lowest BCUT2D eigenvalue weighted by atomic mass is 9.95. The molecule has 9 nitrogen and oxygen atoms in total. The molecule has 5 aromatic rings. The average Bonchev–Trinajstić information content (AvgIpc) is 3.39. The number of hydrogen-bond donors (Lipinski definition) is 3. The lowest BCUT2D eigenvalue weighted by Crippen LogP contribution is -2.35. The molecule has 2 amide bonds. The van der Waals surface area contributed by atoms with Gasteiger partial charge in [-0.3, -0.25) is 9.59 Å². The zero-order valence-corrected chi connectivity index (χ0v) is 21.0. The number of fused-ring (bicyclic) bond motifs is 1. The minimum absolute atomic E-state index is 0.0473. The van der Waals surface area contributed by atoms with Gasteiger partial charge in [-0.05, 0) is 78.4 Å². The Morgan fingerprint density at radius 1 is 1.03 bits per heavy atom. The Bertz CT molecular complexity index is 1750. The van der Waals surface area contributed by atoms with Crippen molar-refractivity contribution < 1.29 is 22.8 Å². The summed E-state index contributed by atoms with van der Waals surface area (Å²) in [5.41, 5.74) is 15.2. The Labute approximate surface area is 222 Å². The number of halogens is 1. The summed E-state index contributed by atoms with van der Waals surface area (Å²) in [6.45, 7) is 1.94. The number of hydrogen-bond acceptors (Lipinski definition) is 7. The Morgan fingerprint density at radius 2 is 1.79 bits per heavy atom. The van der Waals surface area contributed by atoms with E-state index >= 15 is 0 Å². The molecule has 0 atom stereocenters. The molecule has 39 heavy (non-hydrogen) atoms. The van der Waals surface area contributed by atoms with E-state index in [4.69, 9.17) is 20.3 Å². The number of amides is 2. The average molecular weight is 526 g/mol. The highest BCUT2D eigenvalue weighted by atomic mass is 19.1. The quantitative estimate of drug-likeness (QED) is 0.280. The first-order valence-electron chi connectivity index (χ1n) is 12.3. The fraction of sp³-hybridized carbons (Fsp3) is 0.172. The molecule has 2 heterocycles. The number of carbonyl (C=O) groups excluding carboxylic acids is 2. The summed E-state index contributed by atoms with van der Waals surface area (Å²) in [4.78, 5) is 25.7. The molecule has 6 rings (SSSR count). The van der Waals surface area contributed by atoms with Gasteiger partial charge in [-0.15, -0.1) is 5.10 Å². The van der Waals surface area contributed by atoms with E-state index in [1.54, 1.807) is 30.3 Å². The molecular weight excluding hydrogens is 501 g/mol. The number of anilines is 1. The predicted molar refractivity (Wildman–Crippen MR) is 141 cm³/mol. The van der Waals surface area contributed by atoms with Gasteiger partial charge in [0.15, 0.2) is 0 Å². The molecule has 1 fully saturated rings. The van der Waals surface area contributed by atoms with Crippen LogP contribution in [-0.4, -0.2) is 22.0 Å². The number of carbonyl (C=O) groups is 2. The summed E-state index contributed by atoms with van der Waals surface area (Å²) >= 11 is 0. The largest absolute Gasteiger partial charge is 0.460 e. The van der Waals surface area contributed by atoms with Crippen LogP contribution in [0.25, 0.3) is 22.1 Å². The monoisotopic (exact) mass is 525 g/mol. The van der Waals surface area contributed by atoms with Crippen LogP contribution in [0.2, 0.25) is 0 Å². The van der Waals surface area contributed by atoms with Crippen LogP contribution in [0.5, 0.6) is 0 Å². The third-order valence-electron chi connectivity index (χ3n) is 7.05. The number of primary amides is 1. The predicted octanol–water partition coefficient (Wildman–Crippen LogP) is 4.62. The second-order valence-corrected chi connectivity index (χ2v) is 9.79. The van der Waals surface area contributed by atoms with Crippen LogP contribution in [0.3, 0.4) is 0 Å². The van der Waals surface area contributed by atoms with E-state index in [-0.39, 0.29) is 29.7 Å². The first kappa shape index (κ1) is 24.4. The zero-order chi connectivity index (χ0) is 27.3. The maximum Gasteiger partial charge on any atom is 0.312 e.